The van der Waals surface area contributed by atoms with E-state index in [0.29, 0.717) is 12.8 Å². The molecule has 0 aromatic rings. The molecular formula is C20H28O8. The molecule has 1 fully saturated rings. The van der Waals surface area contributed by atoms with Crippen molar-refractivity contribution in [1.29, 1.82) is 0 Å². The first-order valence-corrected chi connectivity index (χ1v) is 9.00. The predicted molar refractivity (Wildman–Crippen MR) is 100 cm³/mol. The minimum Gasteiger partial charge on any atom is -0.396 e. The summed E-state index contributed by atoms with van der Waals surface area (Å²) in [6.45, 7) is 1.22. The SMILES string of the molecule is C/C=C\C#CC#C[C@@H](O)[C@H](/C=C\CCCO)O[C@@H]1O[C@H](CO)[C@@H](O)[C@H](O)[C@H]1O. The second-order valence-electron chi connectivity index (χ2n) is 6.08. The highest BCUT2D eigenvalue weighted by molar-refractivity contribution is 5.32. The lowest BCUT2D eigenvalue weighted by molar-refractivity contribution is -0.311. The third-order valence-electron chi connectivity index (χ3n) is 3.91. The van der Waals surface area contributed by atoms with E-state index in [-0.39, 0.29) is 6.61 Å². The van der Waals surface area contributed by atoms with Crippen molar-refractivity contribution in [1.82, 2.24) is 0 Å². The number of unbranched alkanes of at least 4 members (excludes halogenated alkanes) is 1. The van der Waals surface area contributed by atoms with Crippen molar-refractivity contribution in [3.63, 3.8) is 0 Å². The molecule has 1 aliphatic heterocycles. The maximum absolute atomic E-state index is 10.3. The van der Waals surface area contributed by atoms with E-state index in [1.54, 1.807) is 25.2 Å². The summed E-state index contributed by atoms with van der Waals surface area (Å²) in [5.41, 5.74) is 0. The van der Waals surface area contributed by atoms with Crippen LogP contribution in [0, 0.1) is 23.7 Å². The lowest BCUT2D eigenvalue weighted by Crippen LogP contribution is -2.60. The maximum Gasteiger partial charge on any atom is 0.187 e. The number of aliphatic hydroxyl groups excluding tert-OH is 6. The van der Waals surface area contributed by atoms with Crippen molar-refractivity contribution in [3.05, 3.63) is 24.3 Å². The minimum atomic E-state index is -1.60. The molecule has 1 rings (SSSR count). The van der Waals surface area contributed by atoms with Crippen molar-refractivity contribution in [3.8, 4) is 23.7 Å². The molecule has 0 aliphatic carbocycles. The first-order valence-electron chi connectivity index (χ1n) is 9.00. The molecule has 1 heterocycles. The molecule has 0 saturated carbocycles. The highest BCUT2D eigenvalue weighted by atomic mass is 16.7. The molecule has 6 N–H and O–H groups in total. The second-order valence-corrected chi connectivity index (χ2v) is 6.08. The molecule has 28 heavy (non-hydrogen) atoms. The minimum absolute atomic E-state index is 0.00543. The van der Waals surface area contributed by atoms with Gasteiger partial charge in [0.2, 0.25) is 0 Å². The average Bonchev–Trinajstić information content (AvgIpc) is 2.69. The summed E-state index contributed by atoms with van der Waals surface area (Å²) in [6.07, 6.45) is -2.07. The Morgan fingerprint density at radius 3 is 2.50 bits per heavy atom. The molecule has 0 aromatic heterocycles. The van der Waals surface area contributed by atoms with Crippen LogP contribution in [0.5, 0.6) is 0 Å². The molecule has 0 bridgehead atoms. The van der Waals surface area contributed by atoms with Gasteiger partial charge in [0.05, 0.1) is 6.61 Å². The Labute approximate surface area is 164 Å². The number of allylic oxidation sites excluding steroid dienone is 3. The highest BCUT2D eigenvalue weighted by Gasteiger charge is 2.45. The molecule has 0 unspecified atom stereocenters. The topological polar surface area (TPSA) is 140 Å². The lowest BCUT2D eigenvalue weighted by Gasteiger charge is -2.40. The van der Waals surface area contributed by atoms with Gasteiger partial charge in [0.25, 0.3) is 0 Å². The zero-order valence-corrected chi connectivity index (χ0v) is 15.7. The average molecular weight is 396 g/mol. The zero-order chi connectivity index (χ0) is 20.9. The normalized spacial score (nSPS) is 29.8. The van der Waals surface area contributed by atoms with Crippen molar-refractivity contribution >= 4 is 0 Å². The van der Waals surface area contributed by atoms with E-state index in [1.807, 2.05) is 0 Å². The van der Waals surface area contributed by atoms with Gasteiger partial charge in [-0.2, -0.15) is 0 Å². The van der Waals surface area contributed by atoms with Crippen LogP contribution in [0.1, 0.15) is 19.8 Å². The van der Waals surface area contributed by atoms with Crippen molar-refractivity contribution in [2.75, 3.05) is 13.2 Å². The Balaban J connectivity index is 2.92. The largest absolute Gasteiger partial charge is 0.396 e. The zero-order valence-electron chi connectivity index (χ0n) is 15.7. The third-order valence-corrected chi connectivity index (χ3v) is 3.91. The van der Waals surface area contributed by atoms with Crippen molar-refractivity contribution in [2.24, 2.45) is 0 Å². The molecular weight excluding hydrogens is 368 g/mol. The predicted octanol–water partition coefficient (Wildman–Crippen LogP) is -1.56. The summed E-state index contributed by atoms with van der Waals surface area (Å²) >= 11 is 0. The van der Waals surface area contributed by atoms with Gasteiger partial charge in [0.1, 0.15) is 36.6 Å². The summed E-state index contributed by atoms with van der Waals surface area (Å²) in [6, 6.07) is 0. The van der Waals surface area contributed by atoms with Gasteiger partial charge in [-0.1, -0.05) is 30.1 Å². The van der Waals surface area contributed by atoms with E-state index in [2.05, 4.69) is 23.7 Å². The van der Waals surface area contributed by atoms with Gasteiger partial charge in [0.15, 0.2) is 6.29 Å². The van der Waals surface area contributed by atoms with E-state index >= 15 is 0 Å². The van der Waals surface area contributed by atoms with Crippen LogP contribution in [0.2, 0.25) is 0 Å². The van der Waals surface area contributed by atoms with Crippen molar-refractivity contribution < 1.29 is 40.1 Å². The van der Waals surface area contributed by atoms with Crippen LogP contribution in [0.4, 0.5) is 0 Å². The molecule has 0 radical (unpaired) electrons. The summed E-state index contributed by atoms with van der Waals surface area (Å²) in [4.78, 5) is 0. The lowest BCUT2D eigenvalue weighted by atomic mass is 9.99. The molecule has 0 spiro atoms. The fourth-order valence-corrected chi connectivity index (χ4v) is 2.35. The number of ether oxygens (including phenoxy) is 2. The first-order chi connectivity index (χ1) is 13.5. The molecule has 0 aromatic carbocycles. The summed E-state index contributed by atoms with van der Waals surface area (Å²) in [7, 11) is 0. The van der Waals surface area contributed by atoms with Gasteiger partial charge in [0, 0.05) is 6.61 Å². The van der Waals surface area contributed by atoms with Gasteiger partial charge in [-0.05, 0) is 37.7 Å². The monoisotopic (exact) mass is 396 g/mol. The van der Waals surface area contributed by atoms with Crippen LogP contribution in [0.25, 0.3) is 0 Å². The van der Waals surface area contributed by atoms with Crippen LogP contribution in [0.3, 0.4) is 0 Å². The van der Waals surface area contributed by atoms with Gasteiger partial charge < -0.3 is 40.1 Å². The quantitative estimate of drug-likeness (QED) is 0.165. The van der Waals surface area contributed by atoms with E-state index < -0.39 is 49.5 Å². The molecule has 1 saturated heterocycles. The Hall–Kier alpha value is -1.72. The smallest absolute Gasteiger partial charge is 0.187 e. The van der Waals surface area contributed by atoms with E-state index in [4.69, 9.17) is 14.6 Å². The number of aliphatic hydroxyl groups is 6. The second kappa shape index (κ2) is 13.5. The number of rotatable bonds is 8. The van der Waals surface area contributed by atoms with Gasteiger partial charge in [-0.3, -0.25) is 0 Å². The number of hydrogen-bond donors (Lipinski definition) is 6. The first kappa shape index (κ1) is 24.3. The van der Waals surface area contributed by atoms with E-state index in [1.165, 1.54) is 6.08 Å². The Bertz CT molecular complexity index is 622. The molecule has 7 atom stereocenters. The van der Waals surface area contributed by atoms with Crippen LogP contribution in [-0.4, -0.2) is 86.8 Å². The van der Waals surface area contributed by atoms with Gasteiger partial charge in [-0.15, -0.1) is 0 Å². The highest BCUT2D eigenvalue weighted by Crippen LogP contribution is 2.23. The molecule has 8 nitrogen and oxygen atoms in total. The van der Waals surface area contributed by atoms with Crippen LogP contribution in [0.15, 0.2) is 24.3 Å². The fraction of sp³-hybridized carbons (Fsp3) is 0.600. The molecule has 0 amide bonds. The van der Waals surface area contributed by atoms with Gasteiger partial charge >= 0.3 is 0 Å². The third kappa shape index (κ3) is 7.72. The van der Waals surface area contributed by atoms with Crippen LogP contribution in [-0.2, 0) is 9.47 Å². The Morgan fingerprint density at radius 2 is 1.86 bits per heavy atom. The van der Waals surface area contributed by atoms with Gasteiger partial charge in [-0.25, -0.2) is 0 Å². The van der Waals surface area contributed by atoms with Crippen molar-refractivity contribution in [2.45, 2.75) is 62.7 Å². The van der Waals surface area contributed by atoms with E-state index in [9.17, 15) is 25.5 Å². The fourth-order valence-electron chi connectivity index (χ4n) is 2.35. The number of hydrogen-bond acceptors (Lipinski definition) is 8. The van der Waals surface area contributed by atoms with Crippen LogP contribution >= 0.6 is 0 Å². The molecule has 8 heteroatoms. The Morgan fingerprint density at radius 1 is 1.11 bits per heavy atom. The molecule has 156 valence electrons. The maximum atomic E-state index is 10.3. The molecule has 1 aliphatic rings. The van der Waals surface area contributed by atoms with E-state index in [0.717, 1.165) is 0 Å². The summed E-state index contributed by atoms with van der Waals surface area (Å²) < 4.78 is 10.9. The standard InChI is InChI=1S/C20H28O8/c1-2-3-4-5-7-10-14(23)15(11-8-6-9-12-21)27-20-19(26)18(25)17(24)16(13-22)28-20/h2-3,8,11,14-26H,6,9,12-13H2,1H3/b3-2-,11-8-/t14-,15+,16-,17-,18+,19-,20-/m1/s1. The summed E-state index contributed by atoms with van der Waals surface area (Å²) in [5, 5.41) is 58.2. The summed E-state index contributed by atoms with van der Waals surface area (Å²) in [5.74, 6) is 10.2. The van der Waals surface area contributed by atoms with Crippen LogP contribution < -0.4 is 0 Å². The Kier molecular flexibility index (Phi) is 11.7.